The van der Waals surface area contributed by atoms with Crippen molar-refractivity contribution in [2.75, 3.05) is 0 Å². The summed E-state index contributed by atoms with van der Waals surface area (Å²) < 4.78 is 7.23. The second kappa shape index (κ2) is 3.10. The average Bonchev–Trinajstić information content (AvgIpc) is 2.73. The lowest BCUT2D eigenvalue weighted by Crippen LogP contribution is -2.14. The number of imidazole rings is 1. The van der Waals surface area contributed by atoms with Crippen LogP contribution < -0.4 is 4.74 Å². The number of hydrogen-bond acceptors (Lipinski definition) is 3. The van der Waals surface area contributed by atoms with Gasteiger partial charge < -0.3 is 9.84 Å². The minimum Gasteiger partial charge on any atom is -0.485 e. The maximum absolute atomic E-state index is 10.9. The molecule has 0 fully saturated rings. The third-order valence-electron chi connectivity index (χ3n) is 2.56. The molecule has 0 unspecified atom stereocenters. The Bertz CT molecular complexity index is 574. The van der Waals surface area contributed by atoms with Gasteiger partial charge in [0.25, 0.3) is 0 Å². The number of nitrogens with zero attached hydrogens (tertiary/aromatic N) is 2. The molecule has 1 N–H and O–H groups in total. The molecule has 1 aliphatic heterocycles. The van der Waals surface area contributed by atoms with Crippen molar-refractivity contribution in [3.8, 4) is 11.4 Å². The first-order valence-electron chi connectivity index (χ1n) is 4.79. The minimum absolute atomic E-state index is 0.0505. The largest absolute Gasteiger partial charge is 0.485 e. The maximum Gasteiger partial charge on any atom is 0.356 e. The molecule has 5 heteroatoms. The van der Waals surface area contributed by atoms with Gasteiger partial charge in [0, 0.05) is 0 Å². The van der Waals surface area contributed by atoms with Gasteiger partial charge in [-0.15, -0.1) is 0 Å². The standard InChI is InChI=1S/C11H8N2O3/c14-11(15)10-8-5-16-9-4-2-1-3-7(9)13(8)6-12-10/h1-4,6H,5H2,(H,14,15). The Kier molecular flexibility index (Phi) is 1.73. The number of carboxylic acids is 1. The smallest absolute Gasteiger partial charge is 0.356 e. The molecule has 3 rings (SSSR count). The zero-order chi connectivity index (χ0) is 11.1. The molecule has 5 nitrogen and oxygen atoms in total. The van der Waals surface area contributed by atoms with E-state index in [-0.39, 0.29) is 12.3 Å². The van der Waals surface area contributed by atoms with Crippen molar-refractivity contribution in [1.29, 1.82) is 0 Å². The van der Waals surface area contributed by atoms with E-state index < -0.39 is 5.97 Å². The van der Waals surface area contributed by atoms with Crippen molar-refractivity contribution in [1.82, 2.24) is 9.55 Å². The van der Waals surface area contributed by atoms with Crippen LogP contribution in [0.5, 0.6) is 5.75 Å². The first kappa shape index (κ1) is 8.96. The Morgan fingerprint density at radius 1 is 1.44 bits per heavy atom. The summed E-state index contributed by atoms with van der Waals surface area (Å²) in [6, 6.07) is 7.46. The fourth-order valence-corrected chi connectivity index (χ4v) is 1.82. The first-order valence-corrected chi connectivity index (χ1v) is 4.79. The van der Waals surface area contributed by atoms with Crippen LogP contribution in [0.3, 0.4) is 0 Å². The number of aromatic carboxylic acids is 1. The molecule has 0 saturated heterocycles. The molecule has 2 heterocycles. The van der Waals surface area contributed by atoms with Crippen molar-refractivity contribution in [2.24, 2.45) is 0 Å². The molecule has 16 heavy (non-hydrogen) atoms. The van der Waals surface area contributed by atoms with Crippen LogP contribution in [-0.4, -0.2) is 20.6 Å². The van der Waals surface area contributed by atoms with Crippen LogP contribution in [0.2, 0.25) is 0 Å². The molecular formula is C11H8N2O3. The van der Waals surface area contributed by atoms with Crippen molar-refractivity contribution >= 4 is 5.97 Å². The normalized spacial score (nSPS) is 12.5. The van der Waals surface area contributed by atoms with Gasteiger partial charge >= 0.3 is 5.97 Å². The van der Waals surface area contributed by atoms with Gasteiger partial charge in [-0.25, -0.2) is 9.78 Å². The molecule has 0 saturated carbocycles. The molecule has 80 valence electrons. The number of aromatic nitrogens is 2. The Morgan fingerprint density at radius 2 is 2.25 bits per heavy atom. The quantitative estimate of drug-likeness (QED) is 0.783. The lowest BCUT2D eigenvalue weighted by atomic mass is 10.2. The number of carbonyl (C=O) groups is 1. The predicted octanol–water partition coefficient (Wildman–Crippen LogP) is 1.46. The van der Waals surface area contributed by atoms with E-state index in [1.54, 1.807) is 4.57 Å². The molecular weight excluding hydrogens is 208 g/mol. The van der Waals surface area contributed by atoms with Crippen molar-refractivity contribution in [3.05, 3.63) is 42.0 Å². The molecule has 1 aromatic carbocycles. The van der Waals surface area contributed by atoms with E-state index >= 15 is 0 Å². The van der Waals surface area contributed by atoms with E-state index in [9.17, 15) is 4.79 Å². The van der Waals surface area contributed by atoms with E-state index in [0.29, 0.717) is 5.69 Å². The Hall–Kier alpha value is -2.30. The highest BCUT2D eigenvalue weighted by molar-refractivity contribution is 5.87. The van der Waals surface area contributed by atoms with Gasteiger partial charge in [0.2, 0.25) is 0 Å². The number of hydrogen-bond donors (Lipinski definition) is 1. The third kappa shape index (κ3) is 1.11. The number of para-hydroxylation sites is 2. The molecule has 0 amide bonds. The fourth-order valence-electron chi connectivity index (χ4n) is 1.82. The van der Waals surface area contributed by atoms with Crippen molar-refractivity contribution in [3.63, 3.8) is 0 Å². The van der Waals surface area contributed by atoms with Gasteiger partial charge in [-0.05, 0) is 12.1 Å². The number of fused-ring (bicyclic) bond motifs is 3. The molecule has 2 aromatic rings. The van der Waals surface area contributed by atoms with Gasteiger partial charge in [0.15, 0.2) is 5.69 Å². The highest BCUT2D eigenvalue weighted by Gasteiger charge is 2.23. The monoisotopic (exact) mass is 216 g/mol. The lowest BCUT2D eigenvalue weighted by Gasteiger charge is -2.19. The minimum atomic E-state index is -1.03. The van der Waals surface area contributed by atoms with Crippen molar-refractivity contribution in [2.45, 2.75) is 6.61 Å². The summed E-state index contributed by atoms with van der Waals surface area (Å²) in [5.74, 6) is -0.291. The first-order chi connectivity index (χ1) is 7.77. The highest BCUT2D eigenvalue weighted by Crippen LogP contribution is 2.30. The van der Waals surface area contributed by atoms with Crippen LogP contribution in [0.25, 0.3) is 5.69 Å². The van der Waals surface area contributed by atoms with E-state index in [4.69, 9.17) is 9.84 Å². The van der Waals surface area contributed by atoms with Crippen LogP contribution in [0.15, 0.2) is 30.6 Å². The second-order valence-corrected chi connectivity index (χ2v) is 3.47. The molecule has 1 aromatic heterocycles. The van der Waals surface area contributed by atoms with E-state index in [1.165, 1.54) is 6.33 Å². The molecule has 0 radical (unpaired) electrons. The van der Waals surface area contributed by atoms with Crippen LogP contribution in [0.1, 0.15) is 16.2 Å². The number of benzene rings is 1. The topological polar surface area (TPSA) is 64.3 Å². The van der Waals surface area contributed by atoms with Gasteiger partial charge in [-0.2, -0.15) is 0 Å². The summed E-state index contributed by atoms with van der Waals surface area (Å²) in [7, 11) is 0. The predicted molar refractivity (Wildman–Crippen MR) is 54.9 cm³/mol. The van der Waals surface area contributed by atoms with Crippen molar-refractivity contribution < 1.29 is 14.6 Å². The zero-order valence-electron chi connectivity index (χ0n) is 8.25. The number of carboxylic acid groups (broad SMARTS) is 1. The van der Waals surface area contributed by atoms with Gasteiger partial charge in [-0.3, -0.25) is 4.57 Å². The van der Waals surface area contributed by atoms with Crippen LogP contribution in [0.4, 0.5) is 0 Å². The van der Waals surface area contributed by atoms with Crippen LogP contribution in [0, 0.1) is 0 Å². The molecule has 1 aliphatic rings. The summed E-state index contributed by atoms with van der Waals surface area (Å²) in [6.45, 7) is 0.235. The summed E-state index contributed by atoms with van der Waals surface area (Å²) in [6.07, 6.45) is 1.51. The summed E-state index contributed by atoms with van der Waals surface area (Å²) in [5.41, 5.74) is 1.45. The third-order valence-corrected chi connectivity index (χ3v) is 2.56. The maximum atomic E-state index is 10.9. The fraction of sp³-hybridized carbons (Fsp3) is 0.0909. The molecule has 0 atom stereocenters. The lowest BCUT2D eigenvalue weighted by molar-refractivity contribution is 0.0687. The average molecular weight is 216 g/mol. The van der Waals surface area contributed by atoms with Crippen LogP contribution in [-0.2, 0) is 6.61 Å². The summed E-state index contributed by atoms with van der Waals surface area (Å²) in [4.78, 5) is 14.8. The summed E-state index contributed by atoms with van der Waals surface area (Å²) >= 11 is 0. The Morgan fingerprint density at radius 3 is 3.06 bits per heavy atom. The zero-order valence-corrected chi connectivity index (χ0v) is 8.25. The summed E-state index contributed by atoms with van der Waals surface area (Å²) in [5, 5.41) is 8.95. The Labute approximate surface area is 90.9 Å². The highest BCUT2D eigenvalue weighted by atomic mass is 16.5. The van der Waals surface area contributed by atoms with E-state index in [0.717, 1.165) is 11.4 Å². The molecule has 0 aliphatic carbocycles. The second-order valence-electron chi connectivity index (χ2n) is 3.47. The van der Waals surface area contributed by atoms with Gasteiger partial charge in [-0.1, -0.05) is 12.1 Å². The van der Waals surface area contributed by atoms with Crippen LogP contribution >= 0.6 is 0 Å². The molecule has 0 bridgehead atoms. The number of rotatable bonds is 1. The van der Waals surface area contributed by atoms with Gasteiger partial charge in [0.1, 0.15) is 18.7 Å². The SMILES string of the molecule is O=C(O)c1ncn2c1COc1ccccc1-2. The number of ether oxygens (including phenoxy) is 1. The van der Waals surface area contributed by atoms with E-state index in [2.05, 4.69) is 4.98 Å². The Balaban J connectivity index is 2.23. The molecule has 0 spiro atoms. The van der Waals surface area contributed by atoms with Gasteiger partial charge in [0.05, 0.1) is 11.4 Å². The van der Waals surface area contributed by atoms with E-state index in [1.807, 2.05) is 24.3 Å².